The highest BCUT2D eigenvalue weighted by molar-refractivity contribution is 7.89. The third-order valence-electron chi connectivity index (χ3n) is 2.62. The molecule has 1 aromatic rings. The molecule has 0 fully saturated rings. The maximum atomic E-state index is 12.1. The molecular weight excluding hydrogens is 258 g/mol. The minimum absolute atomic E-state index is 0.0426. The predicted octanol–water partition coefficient (Wildman–Crippen LogP) is 0.306. The molecular formula is C11H15NO5S. The fourth-order valence-corrected chi connectivity index (χ4v) is 2.96. The van der Waals surface area contributed by atoms with E-state index >= 15 is 0 Å². The highest BCUT2D eigenvalue weighted by Crippen LogP contribution is 2.21. The molecule has 0 aliphatic heterocycles. The lowest BCUT2D eigenvalue weighted by Crippen LogP contribution is -2.30. The Morgan fingerprint density at radius 2 is 2.00 bits per heavy atom. The number of carboxylic acid groups (broad SMARTS) is 1. The molecule has 18 heavy (non-hydrogen) atoms. The van der Waals surface area contributed by atoms with Crippen LogP contribution in [0.15, 0.2) is 23.1 Å². The number of rotatable bonds is 5. The second-order valence-electron chi connectivity index (χ2n) is 3.78. The molecule has 0 saturated carbocycles. The van der Waals surface area contributed by atoms with E-state index in [1.807, 2.05) is 0 Å². The number of aromatic carboxylic acids is 1. The lowest BCUT2D eigenvalue weighted by atomic mass is 10.1. The molecule has 0 amide bonds. The van der Waals surface area contributed by atoms with E-state index in [1.165, 1.54) is 32.2 Å². The van der Waals surface area contributed by atoms with Crippen LogP contribution in [0.5, 0.6) is 0 Å². The summed E-state index contributed by atoms with van der Waals surface area (Å²) in [6.45, 7) is 1.11. The number of benzene rings is 1. The fraction of sp³-hybridized carbons (Fsp3) is 0.364. The third kappa shape index (κ3) is 2.69. The van der Waals surface area contributed by atoms with E-state index in [0.29, 0.717) is 0 Å². The Kier molecular flexibility index (Phi) is 4.44. The zero-order chi connectivity index (χ0) is 13.9. The first-order valence-corrected chi connectivity index (χ1v) is 6.66. The van der Waals surface area contributed by atoms with Crippen molar-refractivity contribution in [3.8, 4) is 0 Å². The molecule has 0 radical (unpaired) electrons. The average molecular weight is 273 g/mol. The van der Waals surface area contributed by atoms with Crippen LogP contribution in [0.1, 0.15) is 15.9 Å². The van der Waals surface area contributed by atoms with Crippen LogP contribution < -0.4 is 0 Å². The Bertz CT molecular complexity index is 553. The largest absolute Gasteiger partial charge is 0.478 e. The summed E-state index contributed by atoms with van der Waals surface area (Å²) < 4.78 is 25.3. The number of hydrogen-bond acceptors (Lipinski definition) is 4. The van der Waals surface area contributed by atoms with Crippen LogP contribution in [0.25, 0.3) is 0 Å². The van der Waals surface area contributed by atoms with E-state index in [0.717, 1.165) is 4.31 Å². The Morgan fingerprint density at radius 1 is 1.39 bits per heavy atom. The lowest BCUT2D eigenvalue weighted by Gasteiger charge is -2.18. The maximum absolute atomic E-state index is 12.1. The Hall–Kier alpha value is -1.44. The molecule has 0 spiro atoms. The standard InChI is InChI=1S/C11H15NO5S/c1-8-9(11(14)15)4-3-5-10(8)18(16,17)12(2)6-7-13/h3-5,13H,6-7H2,1-2H3,(H,14,15). The van der Waals surface area contributed by atoms with Crippen molar-refractivity contribution in [1.82, 2.24) is 4.31 Å². The van der Waals surface area contributed by atoms with Gasteiger partial charge < -0.3 is 10.2 Å². The van der Waals surface area contributed by atoms with Gasteiger partial charge in [0.2, 0.25) is 10.0 Å². The van der Waals surface area contributed by atoms with E-state index < -0.39 is 16.0 Å². The second-order valence-corrected chi connectivity index (χ2v) is 5.80. The Morgan fingerprint density at radius 3 is 2.50 bits per heavy atom. The van der Waals surface area contributed by atoms with Gasteiger partial charge in [-0.05, 0) is 24.6 Å². The number of likely N-dealkylation sites (N-methyl/N-ethyl adjacent to an activating group) is 1. The van der Waals surface area contributed by atoms with Gasteiger partial charge in [0.25, 0.3) is 0 Å². The van der Waals surface area contributed by atoms with Gasteiger partial charge >= 0.3 is 5.97 Å². The highest BCUT2D eigenvalue weighted by Gasteiger charge is 2.24. The fourth-order valence-electron chi connectivity index (χ4n) is 1.55. The number of nitrogens with zero attached hydrogens (tertiary/aromatic N) is 1. The number of aliphatic hydroxyl groups excluding tert-OH is 1. The zero-order valence-electron chi connectivity index (χ0n) is 10.1. The van der Waals surface area contributed by atoms with Crippen molar-refractivity contribution in [1.29, 1.82) is 0 Å². The second kappa shape index (κ2) is 5.47. The number of carboxylic acids is 1. The number of carbonyl (C=O) groups is 1. The van der Waals surface area contributed by atoms with Gasteiger partial charge in [0, 0.05) is 13.6 Å². The predicted molar refractivity (Wildman–Crippen MR) is 65.0 cm³/mol. The molecule has 2 N–H and O–H groups in total. The Balaban J connectivity index is 3.34. The first kappa shape index (κ1) is 14.6. The first-order valence-electron chi connectivity index (χ1n) is 5.22. The normalized spacial score (nSPS) is 11.8. The highest BCUT2D eigenvalue weighted by atomic mass is 32.2. The summed E-state index contributed by atoms with van der Waals surface area (Å²) >= 11 is 0. The van der Waals surface area contributed by atoms with E-state index in [4.69, 9.17) is 10.2 Å². The summed E-state index contributed by atoms with van der Waals surface area (Å²) in [5, 5.41) is 17.7. The van der Waals surface area contributed by atoms with Gasteiger partial charge in [-0.2, -0.15) is 4.31 Å². The van der Waals surface area contributed by atoms with Crippen molar-refractivity contribution < 1.29 is 23.4 Å². The number of sulfonamides is 1. The summed E-state index contributed by atoms with van der Waals surface area (Å²) in [7, 11) is -2.45. The van der Waals surface area contributed by atoms with Crippen molar-refractivity contribution in [2.75, 3.05) is 20.2 Å². The monoisotopic (exact) mass is 273 g/mol. The van der Waals surface area contributed by atoms with Gasteiger partial charge in [-0.3, -0.25) is 0 Å². The van der Waals surface area contributed by atoms with Gasteiger partial charge in [-0.25, -0.2) is 13.2 Å². The van der Waals surface area contributed by atoms with Crippen molar-refractivity contribution in [3.63, 3.8) is 0 Å². The van der Waals surface area contributed by atoms with Gasteiger partial charge in [-0.15, -0.1) is 0 Å². The minimum Gasteiger partial charge on any atom is -0.478 e. The summed E-state index contributed by atoms with van der Waals surface area (Å²) in [5.74, 6) is -1.17. The van der Waals surface area contributed by atoms with Gasteiger partial charge in [0.1, 0.15) is 0 Å². The summed E-state index contributed by atoms with van der Waals surface area (Å²) in [6, 6.07) is 4.09. The van der Waals surface area contributed by atoms with Crippen LogP contribution in [-0.4, -0.2) is 49.1 Å². The molecule has 0 atom stereocenters. The molecule has 0 aliphatic carbocycles. The van der Waals surface area contributed by atoms with Crippen LogP contribution in [0.4, 0.5) is 0 Å². The molecule has 0 unspecified atom stereocenters. The van der Waals surface area contributed by atoms with Crippen LogP contribution in [0.3, 0.4) is 0 Å². The quantitative estimate of drug-likeness (QED) is 0.805. The van der Waals surface area contributed by atoms with Crippen LogP contribution in [-0.2, 0) is 10.0 Å². The van der Waals surface area contributed by atoms with Crippen LogP contribution in [0, 0.1) is 6.92 Å². The van der Waals surface area contributed by atoms with Gasteiger partial charge in [0.15, 0.2) is 0 Å². The van der Waals surface area contributed by atoms with Gasteiger partial charge in [-0.1, -0.05) is 6.07 Å². The minimum atomic E-state index is -3.78. The topological polar surface area (TPSA) is 94.9 Å². The SMILES string of the molecule is Cc1c(C(=O)O)cccc1S(=O)(=O)N(C)CCO. The molecule has 0 bridgehead atoms. The molecule has 0 aliphatic rings. The molecule has 0 saturated heterocycles. The Labute approximate surface area is 106 Å². The lowest BCUT2D eigenvalue weighted by molar-refractivity contribution is 0.0695. The van der Waals surface area contributed by atoms with E-state index in [-0.39, 0.29) is 29.2 Å². The smallest absolute Gasteiger partial charge is 0.335 e. The van der Waals surface area contributed by atoms with Crippen LogP contribution >= 0.6 is 0 Å². The molecule has 1 rings (SSSR count). The van der Waals surface area contributed by atoms with E-state index in [9.17, 15) is 13.2 Å². The van der Waals surface area contributed by atoms with Crippen molar-refractivity contribution in [2.24, 2.45) is 0 Å². The van der Waals surface area contributed by atoms with Crippen molar-refractivity contribution in [2.45, 2.75) is 11.8 Å². The van der Waals surface area contributed by atoms with E-state index in [2.05, 4.69) is 0 Å². The molecule has 1 aromatic carbocycles. The summed E-state index contributed by atoms with van der Waals surface area (Å²) in [4.78, 5) is 10.9. The van der Waals surface area contributed by atoms with E-state index in [1.54, 1.807) is 0 Å². The zero-order valence-corrected chi connectivity index (χ0v) is 10.9. The molecule has 0 heterocycles. The van der Waals surface area contributed by atoms with Gasteiger partial charge in [0.05, 0.1) is 17.1 Å². The molecule has 7 heteroatoms. The number of aliphatic hydroxyl groups is 1. The van der Waals surface area contributed by atoms with Crippen molar-refractivity contribution >= 4 is 16.0 Å². The first-order chi connectivity index (χ1) is 8.32. The number of hydrogen-bond donors (Lipinski definition) is 2. The summed E-state index contributed by atoms with van der Waals surface area (Å²) in [5.41, 5.74) is 0.142. The third-order valence-corrected chi connectivity index (χ3v) is 4.62. The molecule has 6 nitrogen and oxygen atoms in total. The molecule has 100 valence electrons. The van der Waals surface area contributed by atoms with Crippen LogP contribution in [0.2, 0.25) is 0 Å². The average Bonchev–Trinajstić information content (AvgIpc) is 2.28. The van der Waals surface area contributed by atoms with Crippen molar-refractivity contribution in [3.05, 3.63) is 29.3 Å². The molecule has 0 aromatic heterocycles. The summed E-state index contributed by atoms with van der Waals surface area (Å²) in [6.07, 6.45) is 0. The maximum Gasteiger partial charge on any atom is 0.335 e.